The molecular weight excluding hydrogens is 221 g/mol. The molecule has 1 aromatic rings. The van der Waals surface area contributed by atoms with Crippen LogP contribution in [-0.4, -0.2) is 13.0 Å². The lowest BCUT2D eigenvalue weighted by Crippen LogP contribution is -2.40. The van der Waals surface area contributed by atoms with Gasteiger partial charge in [-0.25, -0.2) is 10.9 Å². The Morgan fingerprint density at radius 3 is 2.38 bits per heavy atom. The molecule has 1 saturated heterocycles. The van der Waals surface area contributed by atoms with Gasteiger partial charge in [0.15, 0.2) is 0 Å². The number of benzene rings is 1. The number of hydrogen-bond donors (Lipinski definition) is 4. The maximum absolute atomic E-state index is 12.3. The van der Waals surface area contributed by atoms with E-state index in [4.69, 9.17) is 0 Å². The number of nitrogens with one attached hydrogen (secondary N) is 4. The minimum absolute atomic E-state index is 0.184. The molecule has 88 valence electrons. The van der Waals surface area contributed by atoms with E-state index in [1.165, 1.54) is 12.1 Å². The molecule has 0 radical (unpaired) electrons. The molecular formula is C9H11F3N4. The predicted octanol–water partition coefficient (Wildman–Crippen LogP) is 1.06. The van der Waals surface area contributed by atoms with Crippen molar-refractivity contribution in [1.29, 1.82) is 0 Å². The molecule has 1 fully saturated rings. The standard InChI is InChI=1S/C9H11F3N4/c10-9(11,12)6-1-3-7(4-2-6)15-8-13-5-14-16-8/h1-4,8,13-16H,5H2. The molecule has 1 aromatic carbocycles. The zero-order chi connectivity index (χ0) is 11.6. The highest BCUT2D eigenvalue weighted by atomic mass is 19.4. The summed E-state index contributed by atoms with van der Waals surface area (Å²) in [7, 11) is 0. The summed E-state index contributed by atoms with van der Waals surface area (Å²) in [5.74, 6) is 0. The second-order valence-corrected chi connectivity index (χ2v) is 3.35. The fourth-order valence-corrected chi connectivity index (χ4v) is 1.37. The molecule has 1 heterocycles. The smallest absolute Gasteiger partial charge is 0.357 e. The van der Waals surface area contributed by atoms with E-state index in [2.05, 4.69) is 21.5 Å². The molecule has 7 heteroatoms. The Morgan fingerprint density at radius 2 is 1.88 bits per heavy atom. The quantitative estimate of drug-likeness (QED) is 0.615. The van der Waals surface area contributed by atoms with E-state index in [0.717, 1.165) is 12.1 Å². The Morgan fingerprint density at radius 1 is 1.19 bits per heavy atom. The molecule has 1 aliphatic heterocycles. The van der Waals surface area contributed by atoms with Crippen molar-refractivity contribution < 1.29 is 13.2 Å². The van der Waals surface area contributed by atoms with Crippen LogP contribution in [0.25, 0.3) is 0 Å². The van der Waals surface area contributed by atoms with Crippen LogP contribution in [0.15, 0.2) is 24.3 Å². The second-order valence-electron chi connectivity index (χ2n) is 3.35. The van der Waals surface area contributed by atoms with Crippen LogP contribution in [0.4, 0.5) is 18.9 Å². The van der Waals surface area contributed by atoms with Gasteiger partial charge in [0.05, 0.1) is 12.2 Å². The van der Waals surface area contributed by atoms with Crippen molar-refractivity contribution in [2.24, 2.45) is 0 Å². The average molecular weight is 232 g/mol. The average Bonchev–Trinajstić information content (AvgIpc) is 2.70. The summed E-state index contributed by atoms with van der Waals surface area (Å²) >= 11 is 0. The molecule has 1 unspecified atom stereocenters. The molecule has 16 heavy (non-hydrogen) atoms. The van der Waals surface area contributed by atoms with E-state index in [1.54, 1.807) is 0 Å². The van der Waals surface area contributed by atoms with Gasteiger partial charge in [-0.3, -0.25) is 5.32 Å². The molecule has 0 spiro atoms. The van der Waals surface area contributed by atoms with Gasteiger partial charge in [-0.15, -0.1) is 0 Å². The molecule has 1 aliphatic rings. The van der Waals surface area contributed by atoms with Crippen molar-refractivity contribution >= 4 is 5.69 Å². The van der Waals surface area contributed by atoms with E-state index in [0.29, 0.717) is 12.4 Å². The van der Waals surface area contributed by atoms with Crippen LogP contribution < -0.4 is 21.5 Å². The molecule has 0 saturated carbocycles. The molecule has 1 atom stereocenters. The molecule has 0 amide bonds. The van der Waals surface area contributed by atoms with Crippen LogP contribution in [0.1, 0.15) is 5.56 Å². The first kappa shape index (κ1) is 11.2. The van der Waals surface area contributed by atoms with Gasteiger partial charge in [0, 0.05) is 5.69 Å². The maximum Gasteiger partial charge on any atom is 0.416 e. The van der Waals surface area contributed by atoms with Gasteiger partial charge in [0.2, 0.25) is 0 Å². The summed E-state index contributed by atoms with van der Waals surface area (Å²) in [6.07, 6.45) is -4.47. The maximum atomic E-state index is 12.3. The van der Waals surface area contributed by atoms with Gasteiger partial charge in [-0.1, -0.05) is 0 Å². The van der Waals surface area contributed by atoms with E-state index < -0.39 is 11.7 Å². The first-order valence-corrected chi connectivity index (χ1v) is 4.71. The van der Waals surface area contributed by atoms with Crippen LogP contribution in [0.2, 0.25) is 0 Å². The van der Waals surface area contributed by atoms with Gasteiger partial charge in [0.25, 0.3) is 0 Å². The first-order chi connectivity index (χ1) is 7.55. The SMILES string of the molecule is FC(F)(F)c1ccc(NC2NCNN2)cc1. The molecule has 0 aromatic heterocycles. The number of anilines is 1. The van der Waals surface area contributed by atoms with E-state index in [9.17, 15) is 13.2 Å². The van der Waals surface area contributed by atoms with Crippen LogP contribution in [0, 0.1) is 0 Å². The Kier molecular flexibility index (Phi) is 2.99. The number of halogens is 3. The number of hydrogen-bond acceptors (Lipinski definition) is 4. The minimum atomic E-state index is -4.29. The Labute approximate surface area is 90.2 Å². The van der Waals surface area contributed by atoms with Crippen LogP contribution in [-0.2, 0) is 6.18 Å². The Balaban J connectivity index is 2.01. The van der Waals surface area contributed by atoms with Crippen LogP contribution in [0.5, 0.6) is 0 Å². The zero-order valence-corrected chi connectivity index (χ0v) is 8.23. The summed E-state index contributed by atoms with van der Waals surface area (Å²) in [5, 5.41) is 5.96. The lowest BCUT2D eigenvalue weighted by Gasteiger charge is -2.14. The Bertz CT molecular complexity index is 343. The van der Waals surface area contributed by atoms with Crippen molar-refractivity contribution in [2.45, 2.75) is 12.5 Å². The highest BCUT2D eigenvalue weighted by Crippen LogP contribution is 2.29. The van der Waals surface area contributed by atoms with Crippen molar-refractivity contribution in [1.82, 2.24) is 16.2 Å². The number of hydrazine groups is 1. The van der Waals surface area contributed by atoms with Crippen molar-refractivity contribution in [3.05, 3.63) is 29.8 Å². The molecule has 2 rings (SSSR count). The number of rotatable bonds is 2. The van der Waals surface area contributed by atoms with Gasteiger partial charge < -0.3 is 5.32 Å². The summed E-state index contributed by atoms with van der Waals surface area (Å²) in [4.78, 5) is 0. The normalized spacial score (nSPS) is 21.1. The van der Waals surface area contributed by atoms with Gasteiger partial charge in [-0.2, -0.15) is 13.2 Å². The first-order valence-electron chi connectivity index (χ1n) is 4.71. The Hall–Kier alpha value is -1.31. The topological polar surface area (TPSA) is 48.1 Å². The fourth-order valence-electron chi connectivity index (χ4n) is 1.37. The van der Waals surface area contributed by atoms with Gasteiger partial charge >= 0.3 is 6.18 Å². The monoisotopic (exact) mass is 232 g/mol. The molecule has 0 aliphatic carbocycles. The zero-order valence-electron chi connectivity index (χ0n) is 8.23. The van der Waals surface area contributed by atoms with E-state index in [1.807, 2.05) is 0 Å². The van der Waals surface area contributed by atoms with E-state index >= 15 is 0 Å². The third-order valence-electron chi connectivity index (χ3n) is 2.16. The summed E-state index contributed by atoms with van der Waals surface area (Å²) < 4.78 is 36.8. The summed E-state index contributed by atoms with van der Waals surface area (Å²) in [6, 6.07) is 4.88. The predicted molar refractivity (Wildman–Crippen MR) is 53.1 cm³/mol. The van der Waals surface area contributed by atoms with Crippen molar-refractivity contribution in [3.8, 4) is 0 Å². The molecule has 4 N–H and O–H groups in total. The summed E-state index contributed by atoms with van der Waals surface area (Å²) in [6.45, 7) is 0.596. The minimum Gasteiger partial charge on any atom is -0.357 e. The lowest BCUT2D eigenvalue weighted by molar-refractivity contribution is -0.137. The van der Waals surface area contributed by atoms with Crippen molar-refractivity contribution in [2.75, 3.05) is 12.0 Å². The third kappa shape index (κ3) is 2.63. The fraction of sp³-hybridized carbons (Fsp3) is 0.333. The van der Waals surface area contributed by atoms with Crippen LogP contribution in [0.3, 0.4) is 0 Å². The van der Waals surface area contributed by atoms with Crippen LogP contribution >= 0.6 is 0 Å². The second kappa shape index (κ2) is 4.28. The molecule has 4 nitrogen and oxygen atoms in total. The third-order valence-corrected chi connectivity index (χ3v) is 2.16. The lowest BCUT2D eigenvalue weighted by atomic mass is 10.2. The number of alkyl halides is 3. The van der Waals surface area contributed by atoms with Gasteiger partial charge in [-0.05, 0) is 24.3 Å². The largest absolute Gasteiger partial charge is 0.416 e. The highest BCUT2D eigenvalue weighted by Gasteiger charge is 2.30. The van der Waals surface area contributed by atoms with Gasteiger partial charge in [0.1, 0.15) is 6.29 Å². The molecule has 0 bridgehead atoms. The highest BCUT2D eigenvalue weighted by molar-refractivity contribution is 5.45. The van der Waals surface area contributed by atoms with Crippen molar-refractivity contribution in [3.63, 3.8) is 0 Å². The van der Waals surface area contributed by atoms with E-state index in [-0.39, 0.29) is 6.29 Å². The summed E-state index contributed by atoms with van der Waals surface area (Å²) in [5.41, 5.74) is 5.64.